The minimum absolute atomic E-state index is 0.0642. The first-order chi connectivity index (χ1) is 15.9. The fraction of sp³-hybridized carbons (Fsp3) is 0.167. The second-order valence-electron chi connectivity index (χ2n) is 6.88. The second-order valence-corrected chi connectivity index (χ2v) is 7.31. The molecule has 0 heterocycles. The van der Waals surface area contributed by atoms with E-state index in [-0.39, 0.29) is 29.9 Å². The van der Waals surface area contributed by atoms with Gasteiger partial charge in [0.1, 0.15) is 0 Å². The van der Waals surface area contributed by atoms with Crippen molar-refractivity contribution in [1.29, 1.82) is 0 Å². The number of carbonyl (C=O) groups excluding carboxylic acids is 2. The Morgan fingerprint density at radius 3 is 2.39 bits per heavy atom. The highest BCUT2D eigenvalue weighted by atomic mass is 35.5. The van der Waals surface area contributed by atoms with Crippen molar-refractivity contribution in [3.63, 3.8) is 0 Å². The molecule has 0 atom stereocenters. The molecule has 0 radical (unpaired) electrons. The summed E-state index contributed by atoms with van der Waals surface area (Å²) in [4.78, 5) is 25.2. The highest BCUT2D eigenvalue weighted by Gasteiger charge is 2.15. The molecule has 9 heteroatoms. The summed E-state index contributed by atoms with van der Waals surface area (Å²) >= 11 is 5.85. The van der Waals surface area contributed by atoms with Crippen LogP contribution in [0.4, 0.5) is 14.5 Å². The number of alkyl halides is 2. The maximum Gasteiger partial charge on any atom is 0.387 e. The van der Waals surface area contributed by atoms with Gasteiger partial charge in [-0.25, -0.2) is 0 Å². The molecule has 33 heavy (non-hydrogen) atoms. The lowest BCUT2D eigenvalue weighted by atomic mass is 10.1. The van der Waals surface area contributed by atoms with Crippen molar-refractivity contribution in [2.45, 2.75) is 13.0 Å². The van der Waals surface area contributed by atoms with Crippen molar-refractivity contribution < 1.29 is 27.8 Å². The highest BCUT2D eigenvalue weighted by molar-refractivity contribution is 6.30. The summed E-state index contributed by atoms with van der Waals surface area (Å²) in [5, 5.41) is 6.04. The van der Waals surface area contributed by atoms with E-state index in [2.05, 4.69) is 15.4 Å². The van der Waals surface area contributed by atoms with Crippen LogP contribution in [0.15, 0.2) is 66.7 Å². The molecule has 2 N–H and O–H groups in total. The molecule has 172 valence electrons. The van der Waals surface area contributed by atoms with E-state index >= 15 is 0 Å². The number of halogens is 3. The number of hydrogen-bond acceptors (Lipinski definition) is 4. The van der Waals surface area contributed by atoms with Gasteiger partial charge in [0.2, 0.25) is 0 Å². The lowest BCUT2D eigenvalue weighted by Gasteiger charge is -2.13. The lowest BCUT2D eigenvalue weighted by molar-refractivity contribution is -0.0512. The van der Waals surface area contributed by atoms with E-state index in [0.29, 0.717) is 28.3 Å². The van der Waals surface area contributed by atoms with Crippen LogP contribution in [0.2, 0.25) is 5.02 Å². The van der Waals surface area contributed by atoms with Crippen LogP contribution in [0.5, 0.6) is 11.5 Å². The zero-order valence-electron chi connectivity index (χ0n) is 17.6. The number of amides is 2. The van der Waals surface area contributed by atoms with E-state index in [1.54, 1.807) is 60.7 Å². The standard InChI is InChI=1S/C24H21ClF2N2O4/c1-32-21-14-15(6-11-20(21)33-24(26)27)12-13-28-23(31)18-4-2-3-5-19(18)29-22(30)16-7-9-17(25)10-8-16/h2-11,14,24H,12-13H2,1H3,(H,28,31)(H,29,30). The largest absolute Gasteiger partial charge is 0.493 e. The summed E-state index contributed by atoms with van der Waals surface area (Å²) in [5.41, 5.74) is 1.84. The summed E-state index contributed by atoms with van der Waals surface area (Å²) in [6.45, 7) is -2.68. The molecule has 0 aliphatic rings. The van der Waals surface area contributed by atoms with Gasteiger partial charge >= 0.3 is 6.61 Å². The molecule has 0 fully saturated rings. The predicted molar refractivity (Wildman–Crippen MR) is 122 cm³/mol. The molecule has 0 aliphatic carbocycles. The topological polar surface area (TPSA) is 76.7 Å². The minimum Gasteiger partial charge on any atom is -0.493 e. The Labute approximate surface area is 194 Å². The molecule has 0 saturated carbocycles. The van der Waals surface area contributed by atoms with Crippen LogP contribution >= 0.6 is 11.6 Å². The summed E-state index contributed by atoms with van der Waals surface area (Å²) < 4.78 is 34.4. The van der Waals surface area contributed by atoms with Crippen LogP contribution in [-0.4, -0.2) is 32.1 Å². The number of nitrogens with one attached hydrogen (secondary N) is 2. The van der Waals surface area contributed by atoms with Crippen molar-refractivity contribution in [1.82, 2.24) is 5.32 Å². The quantitative estimate of drug-likeness (QED) is 0.448. The number of ether oxygens (including phenoxy) is 2. The normalized spacial score (nSPS) is 10.6. The Kier molecular flexibility index (Phi) is 8.21. The van der Waals surface area contributed by atoms with Gasteiger partial charge in [-0.2, -0.15) is 8.78 Å². The minimum atomic E-state index is -2.95. The molecule has 3 aromatic rings. The van der Waals surface area contributed by atoms with Crippen LogP contribution in [0.25, 0.3) is 0 Å². The number of hydrogen-bond donors (Lipinski definition) is 2. The van der Waals surface area contributed by atoms with Gasteiger partial charge in [0.15, 0.2) is 11.5 Å². The maximum absolute atomic E-state index is 12.7. The van der Waals surface area contributed by atoms with Gasteiger partial charge in [0.25, 0.3) is 11.8 Å². The van der Waals surface area contributed by atoms with Crippen LogP contribution < -0.4 is 20.1 Å². The van der Waals surface area contributed by atoms with Crippen LogP contribution in [0.3, 0.4) is 0 Å². The first kappa shape index (κ1) is 24.0. The molecule has 0 saturated heterocycles. The van der Waals surface area contributed by atoms with Crippen molar-refractivity contribution in [2.75, 3.05) is 19.0 Å². The highest BCUT2D eigenvalue weighted by Crippen LogP contribution is 2.29. The number of rotatable bonds is 9. The summed E-state index contributed by atoms with van der Waals surface area (Å²) in [6, 6.07) is 17.6. The van der Waals surface area contributed by atoms with Crippen molar-refractivity contribution in [2.24, 2.45) is 0 Å². The Balaban J connectivity index is 1.62. The van der Waals surface area contributed by atoms with Gasteiger partial charge in [0, 0.05) is 17.1 Å². The predicted octanol–water partition coefficient (Wildman–Crippen LogP) is 5.17. The molecule has 0 bridgehead atoms. The number of carbonyl (C=O) groups is 2. The van der Waals surface area contributed by atoms with E-state index < -0.39 is 6.61 Å². The second kappa shape index (κ2) is 11.3. The fourth-order valence-corrected chi connectivity index (χ4v) is 3.19. The molecule has 0 aliphatic heterocycles. The molecule has 0 unspecified atom stereocenters. The van der Waals surface area contributed by atoms with Gasteiger partial charge in [-0.3, -0.25) is 9.59 Å². The first-order valence-electron chi connectivity index (χ1n) is 9.93. The molecular formula is C24H21ClF2N2O4. The Morgan fingerprint density at radius 2 is 1.70 bits per heavy atom. The third-order valence-electron chi connectivity index (χ3n) is 4.67. The lowest BCUT2D eigenvalue weighted by Crippen LogP contribution is -2.27. The van der Waals surface area contributed by atoms with Crippen molar-refractivity contribution in [3.8, 4) is 11.5 Å². The van der Waals surface area contributed by atoms with Gasteiger partial charge in [-0.15, -0.1) is 0 Å². The van der Waals surface area contributed by atoms with Crippen LogP contribution in [-0.2, 0) is 6.42 Å². The number of para-hydroxylation sites is 1. The number of benzene rings is 3. The molecule has 0 spiro atoms. The van der Waals surface area contributed by atoms with Gasteiger partial charge in [-0.05, 0) is 60.5 Å². The van der Waals surface area contributed by atoms with Gasteiger partial charge in [0.05, 0.1) is 18.4 Å². The smallest absolute Gasteiger partial charge is 0.387 e. The Hall–Kier alpha value is -3.65. The number of methoxy groups -OCH3 is 1. The van der Waals surface area contributed by atoms with Crippen LogP contribution in [0, 0.1) is 0 Å². The third-order valence-corrected chi connectivity index (χ3v) is 4.92. The van der Waals surface area contributed by atoms with E-state index in [1.165, 1.54) is 13.2 Å². The SMILES string of the molecule is COc1cc(CCNC(=O)c2ccccc2NC(=O)c2ccc(Cl)cc2)ccc1OC(F)F. The summed E-state index contributed by atoms with van der Waals surface area (Å²) in [6.07, 6.45) is 0.427. The molecule has 3 aromatic carbocycles. The van der Waals surface area contributed by atoms with Crippen molar-refractivity contribution in [3.05, 3.63) is 88.4 Å². The third kappa shape index (κ3) is 6.66. The molecule has 6 nitrogen and oxygen atoms in total. The van der Waals surface area contributed by atoms with E-state index in [0.717, 1.165) is 5.56 Å². The van der Waals surface area contributed by atoms with Gasteiger partial charge < -0.3 is 20.1 Å². The van der Waals surface area contributed by atoms with Gasteiger partial charge in [-0.1, -0.05) is 29.8 Å². The zero-order valence-corrected chi connectivity index (χ0v) is 18.4. The molecule has 2 amide bonds. The Bertz CT molecular complexity index is 1120. The summed E-state index contributed by atoms with van der Waals surface area (Å²) in [7, 11) is 1.36. The zero-order chi connectivity index (χ0) is 23.8. The summed E-state index contributed by atoms with van der Waals surface area (Å²) in [5.74, 6) is -0.628. The fourth-order valence-electron chi connectivity index (χ4n) is 3.06. The maximum atomic E-state index is 12.7. The molecule has 3 rings (SSSR count). The van der Waals surface area contributed by atoms with E-state index in [4.69, 9.17) is 16.3 Å². The molecular weight excluding hydrogens is 454 g/mol. The average molecular weight is 475 g/mol. The van der Waals surface area contributed by atoms with Crippen LogP contribution in [0.1, 0.15) is 26.3 Å². The molecule has 0 aromatic heterocycles. The van der Waals surface area contributed by atoms with E-state index in [1.807, 2.05) is 0 Å². The monoisotopic (exact) mass is 474 g/mol. The first-order valence-corrected chi connectivity index (χ1v) is 10.3. The van der Waals surface area contributed by atoms with Crippen molar-refractivity contribution >= 4 is 29.1 Å². The number of anilines is 1. The average Bonchev–Trinajstić information content (AvgIpc) is 2.80. The van der Waals surface area contributed by atoms with E-state index in [9.17, 15) is 18.4 Å². The Morgan fingerprint density at radius 1 is 0.970 bits per heavy atom.